The van der Waals surface area contributed by atoms with E-state index in [4.69, 9.17) is 11.6 Å². The normalized spacial score (nSPS) is 17.2. The molecule has 1 atom stereocenters. The Hall–Kier alpha value is -2.04. The van der Waals surface area contributed by atoms with Gasteiger partial charge in [-0.25, -0.2) is 4.79 Å². The van der Waals surface area contributed by atoms with E-state index in [1.165, 1.54) is 5.56 Å². The first-order valence-corrected chi connectivity index (χ1v) is 9.97. The number of nitrogens with zero attached hydrogens (tertiary/aromatic N) is 2. The highest BCUT2D eigenvalue weighted by Crippen LogP contribution is 2.24. The Balaban J connectivity index is 1.55. The number of urea groups is 1. The number of amides is 2. The molecule has 2 amide bonds. The third-order valence-electron chi connectivity index (χ3n) is 5.41. The number of likely N-dealkylation sites (N-methyl/N-ethyl adjacent to an activating group) is 1. The van der Waals surface area contributed by atoms with E-state index in [1.54, 1.807) is 0 Å². The van der Waals surface area contributed by atoms with Crippen LogP contribution in [0.15, 0.2) is 48.5 Å². The highest BCUT2D eigenvalue weighted by atomic mass is 35.5. The lowest BCUT2D eigenvalue weighted by molar-refractivity contribution is 0.133. The van der Waals surface area contributed by atoms with Crippen LogP contribution in [0.5, 0.6) is 0 Å². The molecule has 4 nitrogen and oxygen atoms in total. The maximum atomic E-state index is 12.7. The van der Waals surface area contributed by atoms with E-state index >= 15 is 0 Å². The van der Waals surface area contributed by atoms with Gasteiger partial charge in [-0.2, -0.15) is 0 Å². The molecule has 144 valence electrons. The second-order valence-electron chi connectivity index (χ2n) is 7.30. The summed E-state index contributed by atoms with van der Waals surface area (Å²) in [5.74, 6) is 0. The van der Waals surface area contributed by atoms with Gasteiger partial charge in [-0.15, -0.1) is 0 Å². The Kier molecular flexibility index (Phi) is 6.75. The van der Waals surface area contributed by atoms with Crippen molar-refractivity contribution in [1.82, 2.24) is 9.80 Å². The molecule has 1 aliphatic heterocycles. The lowest BCUT2D eigenvalue weighted by Gasteiger charge is -2.37. The van der Waals surface area contributed by atoms with Crippen molar-refractivity contribution in [3.8, 4) is 0 Å². The predicted octanol–water partition coefficient (Wildman–Crippen LogP) is 4.82. The number of carbonyl (C=O) groups is 1. The van der Waals surface area contributed by atoms with Gasteiger partial charge in [-0.1, -0.05) is 48.0 Å². The van der Waals surface area contributed by atoms with Crippen molar-refractivity contribution < 1.29 is 4.79 Å². The lowest BCUT2D eigenvalue weighted by atomic mass is 10.0. The molecule has 0 spiro atoms. The molecule has 0 saturated carbocycles. The molecule has 1 unspecified atom stereocenters. The van der Waals surface area contributed by atoms with Crippen LogP contribution in [0.1, 0.15) is 24.0 Å². The molecule has 1 heterocycles. The number of carbonyl (C=O) groups excluding carboxylic acids is 1. The largest absolute Gasteiger partial charge is 0.323 e. The standard InChI is InChI=1S/C22H28ClN3O/c1-17-20(23)11-6-12-21(17)24-22(27)26-14-7-10-19(16-26)25(2)15-13-18-8-4-3-5-9-18/h3-6,8-9,11-12,19H,7,10,13-16H2,1-2H3,(H,24,27). The molecule has 27 heavy (non-hydrogen) atoms. The van der Waals surface area contributed by atoms with Gasteiger partial charge in [0.1, 0.15) is 0 Å². The van der Waals surface area contributed by atoms with E-state index in [1.807, 2.05) is 36.1 Å². The van der Waals surface area contributed by atoms with Gasteiger partial charge in [-0.3, -0.25) is 0 Å². The Labute approximate surface area is 167 Å². The number of likely N-dealkylation sites (tertiary alicyclic amines) is 1. The molecule has 0 radical (unpaired) electrons. The SMILES string of the molecule is Cc1c(Cl)cccc1NC(=O)N1CCCC(N(C)CCc2ccccc2)C1. The molecule has 1 fully saturated rings. The van der Waals surface area contributed by atoms with Crippen LogP contribution in [0.2, 0.25) is 5.02 Å². The van der Waals surface area contributed by atoms with E-state index in [0.29, 0.717) is 11.1 Å². The number of nitrogens with one attached hydrogen (secondary N) is 1. The highest BCUT2D eigenvalue weighted by Gasteiger charge is 2.26. The van der Waals surface area contributed by atoms with Gasteiger partial charge < -0.3 is 15.1 Å². The van der Waals surface area contributed by atoms with Crippen LogP contribution < -0.4 is 5.32 Å². The molecule has 0 aliphatic carbocycles. The maximum absolute atomic E-state index is 12.7. The van der Waals surface area contributed by atoms with E-state index in [9.17, 15) is 4.79 Å². The Morgan fingerprint density at radius 1 is 1.22 bits per heavy atom. The topological polar surface area (TPSA) is 35.6 Å². The van der Waals surface area contributed by atoms with Crippen molar-refractivity contribution in [3.63, 3.8) is 0 Å². The van der Waals surface area contributed by atoms with Crippen LogP contribution in [0.4, 0.5) is 10.5 Å². The third kappa shape index (κ3) is 5.24. The van der Waals surface area contributed by atoms with Gasteiger partial charge in [0.25, 0.3) is 0 Å². The fraction of sp³-hybridized carbons (Fsp3) is 0.409. The molecule has 1 N–H and O–H groups in total. The van der Waals surface area contributed by atoms with Crippen molar-refractivity contribution >= 4 is 23.3 Å². The zero-order chi connectivity index (χ0) is 19.2. The smallest absolute Gasteiger partial charge is 0.321 e. The van der Waals surface area contributed by atoms with Crippen LogP contribution in [-0.4, -0.2) is 48.6 Å². The number of hydrogen-bond acceptors (Lipinski definition) is 2. The minimum absolute atomic E-state index is 0.0403. The lowest BCUT2D eigenvalue weighted by Crippen LogP contribution is -2.50. The van der Waals surface area contributed by atoms with Crippen molar-refractivity contribution in [3.05, 3.63) is 64.7 Å². The summed E-state index contributed by atoms with van der Waals surface area (Å²) in [7, 11) is 2.16. The van der Waals surface area contributed by atoms with Crippen molar-refractivity contribution in [2.45, 2.75) is 32.2 Å². The van der Waals surface area contributed by atoms with Crippen molar-refractivity contribution in [2.24, 2.45) is 0 Å². The van der Waals surface area contributed by atoms with Crippen LogP contribution >= 0.6 is 11.6 Å². The van der Waals surface area contributed by atoms with Crippen molar-refractivity contribution in [1.29, 1.82) is 0 Å². The molecule has 5 heteroatoms. The second-order valence-corrected chi connectivity index (χ2v) is 7.71. The highest BCUT2D eigenvalue weighted by molar-refractivity contribution is 6.31. The predicted molar refractivity (Wildman–Crippen MR) is 113 cm³/mol. The first-order valence-electron chi connectivity index (χ1n) is 9.60. The number of benzene rings is 2. The van der Waals surface area contributed by atoms with Gasteiger partial charge in [0.15, 0.2) is 0 Å². The zero-order valence-corrected chi connectivity index (χ0v) is 16.9. The van der Waals surface area contributed by atoms with Crippen LogP contribution in [0.3, 0.4) is 0 Å². The van der Waals surface area contributed by atoms with E-state index < -0.39 is 0 Å². The van der Waals surface area contributed by atoms with E-state index in [2.05, 4.69) is 41.5 Å². The summed E-state index contributed by atoms with van der Waals surface area (Å²) in [6.07, 6.45) is 3.19. The van der Waals surface area contributed by atoms with Gasteiger partial charge in [0.05, 0.1) is 0 Å². The summed E-state index contributed by atoms with van der Waals surface area (Å²) in [4.78, 5) is 17.0. The molecular formula is C22H28ClN3O. The summed E-state index contributed by atoms with van der Waals surface area (Å²) in [6.45, 7) is 4.48. The molecule has 0 bridgehead atoms. The minimum Gasteiger partial charge on any atom is -0.323 e. The zero-order valence-electron chi connectivity index (χ0n) is 16.1. The summed E-state index contributed by atoms with van der Waals surface area (Å²) in [5, 5.41) is 3.69. The Morgan fingerprint density at radius 2 is 2.00 bits per heavy atom. The average Bonchev–Trinajstić information content (AvgIpc) is 2.70. The minimum atomic E-state index is -0.0403. The average molecular weight is 386 g/mol. The summed E-state index contributed by atoms with van der Waals surface area (Å²) in [5.41, 5.74) is 3.04. The number of piperidine rings is 1. The molecule has 1 aliphatic rings. The Bertz CT molecular complexity index is 765. The molecule has 2 aromatic carbocycles. The molecule has 1 saturated heterocycles. The molecular weight excluding hydrogens is 358 g/mol. The van der Waals surface area contributed by atoms with Crippen LogP contribution in [-0.2, 0) is 6.42 Å². The number of rotatable bonds is 5. The molecule has 0 aromatic heterocycles. The third-order valence-corrected chi connectivity index (χ3v) is 5.82. The van der Waals surface area contributed by atoms with Crippen LogP contribution in [0, 0.1) is 6.92 Å². The second kappa shape index (κ2) is 9.25. The summed E-state index contributed by atoms with van der Waals surface area (Å²) >= 11 is 6.16. The van der Waals surface area contributed by atoms with Gasteiger partial charge in [0.2, 0.25) is 0 Å². The maximum Gasteiger partial charge on any atom is 0.321 e. The summed E-state index contributed by atoms with van der Waals surface area (Å²) in [6, 6.07) is 16.5. The Morgan fingerprint density at radius 3 is 2.78 bits per heavy atom. The summed E-state index contributed by atoms with van der Waals surface area (Å²) < 4.78 is 0. The van der Waals surface area contributed by atoms with E-state index in [0.717, 1.165) is 50.1 Å². The fourth-order valence-electron chi connectivity index (χ4n) is 3.57. The first-order chi connectivity index (χ1) is 13.0. The van der Waals surface area contributed by atoms with Gasteiger partial charge in [0, 0.05) is 36.4 Å². The van der Waals surface area contributed by atoms with Gasteiger partial charge in [-0.05, 0) is 56.5 Å². The molecule has 3 rings (SSSR count). The molecule has 2 aromatic rings. The van der Waals surface area contributed by atoms with E-state index in [-0.39, 0.29) is 6.03 Å². The van der Waals surface area contributed by atoms with Crippen molar-refractivity contribution in [2.75, 3.05) is 32.0 Å². The van der Waals surface area contributed by atoms with Gasteiger partial charge >= 0.3 is 6.03 Å². The monoisotopic (exact) mass is 385 g/mol. The number of anilines is 1. The first kappa shape index (κ1) is 19.7. The van der Waals surface area contributed by atoms with Crippen LogP contribution in [0.25, 0.3) is 0 Å². The number of halogens is 1. The number of hydrogen-bond donors (Lipinski definition) is 1. The fourth-order valence-corrected chi connectivity index (χ4v) is 3.74. The quantitative estimate of drug-likeness (QED) is 0.800.